The predicted octanol–water partition coefficient (Wildman–Crippen LogP) is -1.19. The van der Waals surface area contributed by atoms with Crippen molar-refractivity contribution < 1.29 is 18.3 Å². The van der Waals surface area contributed by atoms with Crippen LogP contribution in [0.3, 0.4) is 0 Å². The molecule has 15 heavy (non-hydrogen) atoms. The Hall–Kier alpha value is -0.660. The summed E-state index contributed by atoms with van der Waals surface area (Å²) in [6, 6.07) is -0.812. The van der Waals surface area contributed by atoms with Crippen molar-refractivity contribution in [3.8, 4) is 0 Å². The molecular formula is C8H18N2O4S. The zero-order valence-corrected chi connectivity index (χ0v) is 9.80. The zero-order valence-electron chi connectivity index (χ0n) is 8.99. The van der Waals surface area contributed by atoms with Gasteiger partial charge in [-0.1, -0.05) is 6.92 Å². The lowest BCUT2D eigenvalue weighted by molar-refractivity contribution is -0.122. The van der Waals surface area contributed by atoms with Crippen LogP contribution in [-0.2, 0) is 14.8 Å². The zero-order chi connectivity index (χ0) is 11.9. The van der Waals surface area contributed by atoms with Crippen LogP contribution in [0.1, 0.15) is 20.3 Å². The normalized spacial score (nSPS) is 13.5. The molecule has 3 N–H and O–H groups in total. The summed E-state index contributed by atoms with van der Waals surface area (Å²) < 4.78 is 24.8. The summed E-state index contributed by atoms with van der Waals surface area (Å²) in [5.41, 5.74) is 0. The van der Waals surface area contributed by atoms with Crippen molar-refractivity contribution >= 4 is 15.9 Å². The topological polar surface area (TPSA) is 95.5 Å². The van der Waals surface area contributed by atoms with E-state index >= 15 is 0 Å². The molecular weight excluding hydrogens is 220 g/mol. The summed E-state index contributed by atoms with van der Waals surface area (Å²) in [7, 11) is -3.37. The van der Waals surface area contributed by atoms with E-state index in [1.807, 2.05) is 0 Å². The van der Waals surface area contributed by atoms with Crippen molar-refractivity contribution in [1.82, 2.24) is 10.0 Å². The van der Waals surface area contributed by atoms with Crippen LogP contribution in [0.5, 0.6) is 0 Å². The summed E-state index contributed by atoms with van der Waals surface area (Å²) in [6.07, 6.45) is 0.500. The van der Waals surface area contributed by atoms with Gasteiger partial charge in [0.2, 0.25) is 15.9 Å². The standard InChI is InChI=1S/C8H18N2O4S/c1-3-6-15(13,14)10-7(2)8(12)9-4-5-11/h7,10-11H,3-6H2,1-2H3,(H,9,12). The summed E-state index contributed by atoms with van der Waals surface area (Å²) in [4.78, 5) is 11.2. The summed E-state index contributed by atoms with van der Waals surface area (Å²) in [5, 5.41) is 10.8. The van der Waals surface area contributed by atoms with Crippen LogP contribution in [0.4, 0.5) is 0 Å². The molecule has 90 valence electrons. The highest BCUT2D eigenvalue weighted by molar-refractivity contribution is 7.89. The Bertz CT molecular complexity index is 289. The van der Waals surface area contributed by atoms with Gasteiger partial charge in [0.05, 0.1) is 18.4 Å². The SMILES string of the molecule is CCCS(=O)(=O)NC(C)C(=O)NCCO. The number of carbonyl (C=O) groups excluding carboxylic acids is 1. The summed E-state index contributed by atoms with van der Waals surface area (Å²) >= 11 is 0. The maximum atomic E-state index is 11.3. The van der Waals surface area contributed by atoms with Crippen LogP contribution >= 0.6 is 0 Å². The number of hydrogen-bond acceptors (Lipinski definition) is 4. The van der Waals surface area contributed by atoms with Crippen molar-refractivity contribution in [2.45, 2.75) is 26.3 Å². The minimum absolute atomic E-state index is 0.00458. The summed E-state index contributed by atoms with van der Waals surface area (Å²) in [5.74, 6) is -0.436. The summed E-state index contributed by atoms with van der Waals surface area (Å²) in [6.45, 7) is 3.16. The van der Waals surface area contributed by atoms with E-state index in [-0.39, 0.29) is 18.9 Å². The molecule has 0 saturated heterocycles. The average molecular weight is 238 g/mol. The molecule has 1 unspecified atom stereocenters. The van der Waals surface area contributed by atoms with Gasteiger partial charge in [-0.15, -0.1) is 0 Å². The van der Waals surface area contributed by atoms with E-state index in [0.29, 0.717) is 6.42 Å². The molecule has 0 fully saturated rings. The van der Waals surface area contributed by atoms with Gasteiger partial charge in [-0.2, -0.15) is 0 Å². The van der Waals surface area contributed by atoms with Gasteiger partial charge in [-0.25, -0.2) is 13.1 Å². The Kier molecular flexibility index (Phi) is 6.46. The van der Waals surface area contributed by atoms with Gasteiger partial charge in [0.1, 0.15) is 0 Å². The molecule has 0 saturated carbocycles. The number of hydrogen-bond donors (Lipinski definition) is 3. The van der Waals surface area contributed by atoms with Gasteiger partial charge in [-0.3, -0.25) is 4.79 Å². The lowest BCUT2D eigenvalue weighted by Crippen LogP contribution is -2.46. The average Bonchev–Trinajstić information content (AvgIpc) is 2.13. The lowest BCUT2D eigenvalue weighted by Gasteiger charge is -2.13. The third-order valence-corrected chi connectivity index (χ3v) is 3.29. The van der Waals surface area contributed by atoms with Crippen molar-refractivity contribution in [3.63, 3.8) is 0 Å². The first-order valence-corrected chi connectivity index (χ1v) is 6.46. The molecule has 0 aromatic rings. The van der Waals surface area contributed by atoms with Crippen LogP contribution in [0.25, 0.3) is 0 Å². The Balaban J connectivity index is 4.12. The van der Waals surface area contributed by atoms with Gasteiger partial charge < -0.3 is 10.4 Å². The molecule has 6 nitrogen and oxygen atoms in total. The van der Waals surface area contributed by atoms with Crippen LogP contribution in [0, 0.1) is 0 Å². The third-order valence-electron chi connectivity index (χ3n) is 1.63. The molecule has 1 amide bonds. The second-order valence-corrected chi connectivity index (χ2v) is 5.05. The first kappa shape index (κ1) is 14.3. The van der Waals surface area contributed by atoms with Gasteiger partial charge in [0.25, 0.3) is 0 Å². The molecule has 0 aliphatic rings. The number of nitrogens with one attached hydrogen (secondary N) is 2. The largest absolute Gasteiger partial charge is 0.395 e. The Morgan fingerprint density at radius 2 is 2.07 bits per heavy atom. The number of rotatable bonds is 7. The number of carbonyl (C=O) groups is 1. The fraction of sp³-hybridized carbons (Fsp3) is 0.875. The van der Waals surface area contributed by atoms with E-state index in [4.69, 9.17) is 5.11 Å². The second-order valence-electron chi connectivity index (χ2n) is 3.17. The number of aliphatic hydroxyl groups excluding tert-OH is 1. The van der Waals surface area contributed by atoms with E-state index in [2.05, 4.69) is 10.0 Å². The van der Waals surface area contributed by atoms with Gasteiger partial charge in [-0.05, 0) is 13.3 Å². The molecule has 0 spiro atoms. The van der Waals surface area contributed by atoms with Crippen LogP contribution in [0.2, 0.25) is 0 Å². The van der Waals surface area contributed by atoms with Gasteiger partial charge in [0.15, 0.2) is 0 Å². The molecule has 7 heteroatoms. The molecule has 0 aromatic heterocycles. The fourth-order valence-corrected chi connectivity index (χ4v) is 2.28. The highest BCUT2D eigenvalue weighted by atomic mass is 32.2. The molecule has 0 aromatic carbocycles. The van der Waals surface area contributed by atoms with Crippen molar-refractivity contribution in [2.75, 3.05) is 18.9 Å². The third kappa shape index (κ3) is 6.43. The van der Waals surface area contributed by atoms with Gasteiger partial charge >= 0.3 is 0 Å². The molecule has 0 bridgehead atoms. The maximum absolute atomic E-state index is 11.3. The Labute approximate surface area is 90.1 Å². The smallest absolute Gasteiger partial charge is 0.237 e. The Morgan fingerprint density at radius 1 is 1.47 bits per heavy atom. The van der Waals surface area contributed by atoms with Gasteiger partial charge in [0, 0.05) is 6.54 Å². The number of sulfonamides is 1. The Morgan fingerprint density at radius 3 is 2.53 bits per heavy atom. The van der Waals surface area contributed by atoms with Crippen molar-refractivity contribution in [2.24, 2.45) is 0 Å². The first-order chi connectivity index (χ1) is 6.93. The minimum atomic E-state index is -3.37. The van der Waals surface area contributed by atoms with E-state index in [0.717, 1.165) is 0 Å². The quantitative estimate of drug-likeness (QED) is 0.520. The molecule has 0 heterocycles. The van der Waals surface area contributed by atoms with Crippen molar-refractivity contribution in [1.29, 1.82) is 0 Å². The van der Waals surface area contributed by atoms with E-state index in [1.54, 1.807) is 6.92 Å². The van der Waals surface area contributed by atoms with E-state index < -0.39 is 22.0 Å². The second kappa shape index (κ2) is 6.76. The van der Waals surface area contributed by atoms with E-state index in [1.165, 1.54) is 6.92 Å². The predicted molar refractivity (Wildman–Crippen MR) is 56.8 cm³/mol. The highest BCUT2D eigenvalue weighted by Gasteiger charge is 2.18. The highest BCUT2D eigenvalue weighted by Crippen LogP contribution is 1.92. The maximum Gasteiger partial charge on any atom is 0.237 e. The fourth-order valence-electron chi connectivity index (χ4n) is 0.983. The van der Waals surface area contributed by atoms with Crippen LogP contribution in [-0.4, -0.2) is 44.4 Å². The molecule has 0 rings (SSSR count). The molecule has 0 radical (unpaired) electrons. The molecule has 0 aliphatic heterocycles. The van der Waals surface area contributed by atoms with Crippen LogP contribution in [0.15, 0.2) is 0 Å². The molecule has 0 aliphatic carbocycles. The number of aliphatic hydroxyl groups is 1. The van der Waals surface area contributed by atoms with E-state index in [9.17, 15) is 13.2 Å². The lowest BCUT2D eigenvalue weighted by atomic mass is 10.3. The van der Waals surface area contributed by atoms with Crippen LogP contribution < -0.4 is 10.0 Å². The number of amides is 1. The monoisotopic (exact) mass is 238 g/mol. The first-order valence-electron chi connectivity index (χ1n) is 4.81. The molecule has 1 atom stereocenters. The minimum Gasteiger partial charge on any atom is -0.395 e. The van der Waals surface area contributed by atoms with Crippen molar-refractivity contribution in [3.05, 3.63) is 0 Å².